The summed E-state index contributed by atoms with van der Waals surface area (Å²) in [6.45, 7) is 1.73. The van der Waals surface area contributed by atoms with Gasteiger partial charge >= 0.3 is 0 Å². The number of rotatable bonds is 4. The molecule has 0 bridgehead atoms. The van der Waals surface area contributed by atoms with E-state index in [0.717, 1.165) is 13.2 Å². The molecule has 2 aliphatic heterocycles. The van der Waals surface area contributed by atoms with Crippen molar-refractivity contribution in [3.63, 3.8) is 0 Å². The van der Waals surface area contributed by atoms with Gasteiger partial charge in [0.25, 0.3) is 0 Å². The number of ether oxygens (including phenoxy) is 2. The van der Waals surface area contributed by atoms with Crippen LogP contribution in [0.3, 0.4) is 0 Å². The summed E-state index contributed by atoms with van der Waals surface area (Å²) in [7, 11) is 3.82. The first-order valence-corrected chi connectivity index (χ1v) is 7.33. The average Bonchev–Trinajstić information content (AvgIpc) is 2.74. The van der Waals surface area contributed by atoms with E-state index in [1.165, 1.54) is 30.8 Å². The van der Waals surface area contributed by atoms with Crippen molar-refractivity contribution in [1.29, 1.82) is 0 Å². The third-order valence-electron chi connectivity index (χ3n) is 3.88. The van der Waals surface area contributed by atoms with Crippen molar-refractivity contribution in [3.8, 4) is 0 Å². The lowest BCUT2D eigenvalue weighted by atomic mass is 9.81. The third kappa shape index (κ3) is 2.73. The van der Waals surface area contributed by atoms with Crippen LogP contribution in [0.2, 0.25) is 0 Å². The van der Waals surface area contributed by atoms with E-state index in [0.29, 0.717) is 12.0 Å². The zero-order valence-electron chi connectivity index (χ0n) is 10.3. The molecule has 1 spiro atoms. The van der Waals surface area contributed by atoms with Crippen LogP contribution < -0.4 is 5.32 Å². The zero-order valence-corrected chi connectivity index (χ0v) is 11.1. The van der Waals surface area contributed by atoms with E-state index in [1.54, 1.807) is 7.11 Å². The van der Waals surface area contributed by atoms with Gasteiger partial charge in [-0.2, -0.15) is 11.8 Å². The van der Waals surface area contributed by atoms with E-state index in [9.17, 15) is 0 Å². The van der Waals surface area contributed by atoms with Crippen LogP contribution >= 0.6 is 11.8 Å². The largest absolute Gasteiger partial charge is 0.383 e. The Bertz CT molecular complexity index is 219. The summed E-state index contributed by atoms with van der Waals surface area (Å²) in [5.41, 5.74) is 0.191. The minimum atomic E-state index is 0.191. The monoisotopic (exact) mass is 245 g/mol. The molecule has 2 fully saturated rings. The summed E-state index contributed by atoms with van der Waals surface area (Å²) in [6, 6.07) is 0.483. The fourth-order valence-electron chi connectivity index (χ4n) is 2.91. The van der Waals surface area contributed by atoms with Gasteiger partial charge in [-0.1, -0.05) is 0 Å². The molecule has 94 valence electrons. The molecule has 0 amide bonds. The number of hydrogen-bond donors (Lipinski definition) is 1. The van der Waals surface area contributed by atoms with E-state index in [2.05, 4.69) is 5.32 Å². The molecule has 3 unspecified atom stereocenters. The van der Waals surface area contributed by atoms with Crippen molar-refractivity contribution in [1.82, 2.24) is 5.32 Å². The first-order chi connectivity index (χ1) is 7.79. The van der Waals surface area contributed by atoms with Crippen LogP contribution in [0.4, 0.5) is 0 Å². The van der Waals surface area contributed by atoms with Crippen molar-refractivity contribution in [2.45, 2.75) is 30.9 Å². The van der Waals surface area contributed by atoms with Crippen LogP contribution in [0.5, 0.6) is 0 Å². The van der Waals surface area contributed by atoms with Crippen LogP contribution in [0.15, 0.2) is 0 Å². The predicted octanol–water partition coefficient (Wildman–Crippen LogP) is 1.52. The fraction of sp³-hybridized carbons (Fsp3) is 1.00. The highest BCUT2D eigenvalue weighted by atomic mass is 32.2. The number of nitrogens with one attached hydrogen (secondary N) is 1. The van der Waals surface area contributed by atoms with Crippen molar-refractivity contribution < 1.29 is 9.47 Å². The fourth-order valence-corrected chi connectivity index (χ4v) is 4.29. The van der Waals surface area contributed by atoms with E-state index >= 15 is 0 Å². The Hall–Kier alpha value is 0.230. The van der Waals surface area contributed by atoms with Crippen molar-refractivity contribution >= 4 is 11.8 Å². The van der Waals surface area contributed by atoms with Crippen LogP contribution in [-0.2, 0) is 9.47 Å². The van der Waals surface area contributed by atoms with Gasteiger partial charge in [-0.3, -0.25) is 0 Å². The maximum absolute atomic E-state index is 6.04. The summed E-state index contributed by atoms with van der Waals surface area (Å²) >= 11 is 2.04. The van der Waals surface area contributed by atoms with Gasteiger partial charge in [0.15, 0.2) is 0 Å². The van der Waals surface area contributed by atoms with E-state index in [4.69, 9.17) is 9.47 Å². The standard InChI is InChI=1S/C12H23NO2S/c1-13-11(8-14-2)10-3-5-15-12(7-10)4-6-16-9-12/h10-11,13H,3-9H2,1-2H3. The topological polar surface area (TPSA) is 30.5 Å². The normalized spacial score (nSPS) is 36.8. The average molecular weight is 245 g/mol. The summed E-state index contributed by atoms with van der Waals surface area (Å²) in [5, 5.41) is 3.39. The van der Waals surface area contributed by atoms with E-state index in [-0.39, 0.29) is 5.60 Å². The molecule has 2 heterocycles. The molecule has 0 aromatic rings. The van der Waals surface area contributed by atoms with Gasteiger partial charge in [0.2, 0.25) is 0 Å². The molecule has 0 aromatic carbocycles. The van der Waals surface area contributed by atoms with Crippen molar-refractivity contribution in [2.75, 3.05) is 38.9 Å². The molecular weight excluding hydrogens is 222 g/mol. The summed E-state index contributed by atoms with van der Waals surface area (Å²) < 4.78 is 11.3. The molecule has 2 rings (SSSR count). The minimum absolute atomic E-state index is 0.191. The van der Waals surface area contributed by atoms with Gasteiger partial charge in [0.05, 0.1) is 12.2 Å². The second-order valence-corrected chi connectivity index (χ2v) is 6.04. The molecular formula is C12H23NO2S. The predicted molar refractivity (Wildman–Crippen MR) is 68.1 cm³/mol. The van der Waals surface area contributed by atoms with Gasteiger partial charge in [-0.25, -0.2) is 0 Å². The lowest BCUT2D eigenvalue weighted by Gasteiger charge is -2.40. The molecule has 0 saturated carbocycles. The highest BCUT2D eigenvalue weighted by molar-refractivity contribution is 7.99. The molecule has 16 heavy (non-hydrogen) atoms. The summed E-state index contributed by atoms with van der Waals surface area (Å²) in [6.07, 6.45) is 3.60. The number of hydrogen-bond acceptors (Lipinski definition) is 4. The second-order valence-electron chi connectivity index (χ2n) is 4.94. The molecule has 0 aromatic heterocycles. The Morgan fingerprint density at radius 1 is 1.62 bits per heavy atom. The Morgan fingerprint density at radius 2 is 2.50 bits per heavy atom. The van der Waals surface area contributed by atoms with Gasteiger partial charge in [-0.15, -0.1) is 0 Å². The summed E-state index contributed by atoms with van der Waals surface area (Å²) in [5.74, 6) is 3.16. The molecule has 3 nitrogen and oxygen atoms in total. The van der Waals surface area contributed by atoms with Gasteiger partial charge in [0.1, 0.15) is 0 Å². The van der Waals surface area contributed by atoms with Crippen LogP contribution in [0.25, 0.3) is 0 Å². The first-order valence-electron chi connectivity index (χ1n) is 6.17. The van der Waals surface area contributed by atoms with Crippen molar-refractivity contribution in [2.24, 2.45) is 5.92 Å². The van der Waals surface area contributed by atoms with Crippen molar-refractivity contribution in [3.05, 3.63) is 0 Å². The van der Waals surface area contributed by atoms with Crippen LogP contribution in [0, 0.1) is 5.92 Å². The number of thioether (sulfide) groups is 1. The molecule has 0 aliphatic carbocycles. The maximum atomic E-state index is 6.04. The lowest BCUT2D eigenvalue weighted by Crippen LogP contribution is -2.47. The van der Waals surface area contributed by atoms with Gasteiger partial charge in [0, 0.05) is 25.5 Å². The zero-order chi connectivity index (χ0) is 11.4. The number of likely N-dealkylation sites (N-methyl/N-ethyl adjacent to an activating group) is 1. The second kappa shape index (κ2) is 5.71. The van der Waals surface area contributed by atoms with Crippen LogP contribution in [-0.4, -0.2) is 50.5 Å². The molecule has 1 N–H and O–H groups in total. The highest BCUT2D eigenvalue weighted by Gasteiger charge is 2.42. The van der Waals surface area contributed by atoms with Gasteiger partial charge in [-0.05, 0) is 38.0 Å². The highest BCUT2D eigenvalue weighted by Crippen LogP contribution is 2.41. The van der Waals surface area contributed by atoms with Crippen LogP contribution in [0.1, 0.15) is 19.3 Å². The maximum Gasteiger partial charge on any atom is 0.0783 e. The lowest BCUT2D eigenvalue weighted by molar-refractivity contribution is -0.0880. The Kier molecular flexibility index (Phi) is 4.53. The first kappa shape index (κ1) is 12.7. The number of methoxy groups -OCH3 is 1. The molecule has 0 radical (unpaired) electrons. The minimum Gasteiger partial charge on any atom is -0.383 e. The molecule has 3 atom stereocenters. The van der Waals surface area contributed by atoms with E-state index < -0.39 is 0 Å². The SMILES string of the molecule is CNC(COC)C1CCOC2(CCSC2)C1. The third-order valence-corrected chi connectivity index (χ3v) is 5.11. The summed E-state index contributed by atoms with van der Waals surface area (Å²) in [4.78, 5) is 0. The Labute approximate surface area is 103 Å². The molecule has 2 aliphatic rings. The molecule has 4 heteroatoms. The molecule has 2 saturated heterocycles. The Morgan fingerprint density at radius 3 is 3.12 bits per heavy atom. The smallest absolute Gasteiger partial charge is 0.0783 e. The Balaban J connectivity index is 1.94. The van der Waals surface area contributed by atoms with E-state index in [1.807, 2.05) is 18.8 Å². The quantitative estimate of drug-likeness (QED) is 0.813. The van der Waals surface area contributed by atoms with Gasteiger partial charge < -0.3 is 14.8 Å².